The molecule has 18 heavy (non-hydrogen) atoms. The summed E-state index contributed by atoms with van der Waals surface area (Å²) in [6.07, 6.45) is 4.47. The average molecular weight is 252 g/mol. The SMILES string of the molecule is CC1C(=O)NC2(CCCC2)C(=O)N1C1CCOC1. The van der Waals surface area contributed by atoms with Crippen molar-refractivity contribution in [2.24, 2.45) is 0 Å². The molecule has 0 aromatic carbocycles. The van der Waals surface area contributed by atoms with Gasteiger partial charge in [0.1, 0.15) is 11.6 Å². The first-order valence-electron chi connectivity index (χ1n) is 6.87. The Hall–Kier alpha value is -1.10. The third-order valence-electron chi connectivity index (χ3n) is 4.56. The smallest absolute Gasteiger partial charge is 0.249 e. The zero-order valence-corrected chi connectivity index (χ0v) is 10.8. The fourth-order valence-electron chi connectivity index (χ4n) is 3.48. The predicted molar refractivity (Wildman–Crippen MR) is 64.9 cm³/mol. The van der Waals surface area contributed by atoms with Gasteiger partial charge in [0.05, 0.1) is 12.6 Å². The van der Waals surface area contributed by atoms with Gasteiger partial charge in [-0.3, -0.25) is 9.59 Å². The standard InChI is InChI=1S/C13H20N2O3/c1-9-11(16)14-13(5-2-3-6-13)12(17)15(9)10-4-7-18-8-10/h9-10H,2-8H2,1H3,(H,14,16). The van der Waals surface area contributed by atoms with E-state index in [1.807, 2.05) is 6.92 Å². The number of nitrogens with one attached hydrogen (secondary N) is 1. The maximum Gasteiger partial charge on any atom is 0.249 e. The molecule has 3 fully saturated rings. The number of amides is 2. The number of piperazine rings is 1. The first-order valence-corrected chi connectivity index (χ1v) is 6.87. The van der Waals surface area contributed by atoms with Crippen LogP contribution in [0.15, 0.2) is 0 Å². The van der Waals surface area contributed by atoms with Crippen molar-refractivity contribution in [2.75, 3.05) is 13.2 Å². The molecule has 5 heteroatoms. The lowest BCUT2D eigenvalue weighted by atomic mass is 9.90. The van der Waals surface area contributed by atoms with E-state index in [1.54, 1.807) is 4.90 Å². The van der Waals surface area contributed by atoms with Gasteiger partial charge in [-0.05, 0) is 26.2 Å². The monoisotopic (exact) mass is 252 g/mol. The highest BCUT2D eigenvalue weighted by Crippen LogP contribution is 2.36. The summed E-state index contributed by atoms with van der Waals surface area (Å²) in [5, 5.41) is 2.97. The van der Waals surface area contributed by atoms with Crippen molar-refractivity contribution in [3.63, 3.8) is 0 Å². The van der Waals surface area contributed by atoms with Gasteiger partial charge in [0.25, 0.3) is 0 Å². The Morgan fingerprint density at radius 3 is 2.67 bits per heavy atom. The van der Waals surface area contributed by atoms with Gasteiger partial charge >= 0.3 is 0 Å². The van der Waals surface area contributed by atoms with Gasteiger partial charge in [-0.15, -0.1) is 0 Å². The summed E-state index contributed by atoms with van der Waals surface area (Å²) >= 11 is 0. The van der Waals surface area contributed by atoms with Crippen molar-refractivity contribution < 1.29 is 14.3 Å². The summed E-state index contributed by atoms with van der Waals surface area (Å²) in [7, 11) is 0. The van der Waals surface area contributed by atoms with E-state index in [4.69, 9.17) is 4.74 Å². The quantitative estimate of drug-likeness (QED) is 0.736. The van der Waals surface area contributed by atoms with Gasteiger partial charge in [-0.2, -0.15) is 0 Å². The second-order valence-corrected chi connectivity index (χ2v) is 5.68. The van der Waals surface area contributed by atoms with Crippen LogP contribution in [0.3, 0.4) is 0 Å². The minimum Gasteiger partial charge on any atom is -0.379 e. The minimum atomic E-state index is -0.605. The van der Waals surface area contributed by atoms with Gasteiger partial charge in [0.15, 0.2) is 0 Å². The highest BCUT2D eigenvalue weighted by atomic mass is 16.5. The second-order valence-electron chi connectivity index (χ2n) is 5.68. The molecule has 2 aliphatic heterocycles. The van der Waals surface area contributed by atoms with Crippen LogP contribution < -0.4 is 5.32 Å². The first-order chi connectivity index (χ1) is 8.64. The molecule has 1 spiro atoms. The Labute approximate surface area is 107 Å². The van der Waals surface area contributed by atoms with Gasteiger partial charge in [0, 0.05) is 6.61 Å². The lowest BCUT2D eigenvalue weighted by molar-refractivity contribution is -0.157. The van der Waals surface area contributed by atoms with Crippen molar-refractivity contribution in [1.29, 1.82) is 0 Å². The number of carbonyl (C=O) groups is 2. The van der Waals surface area contributed by atoms with E-state index in [1.165, 1.54) is 0 Å². The Morgan fingerprint density at radius 2 is 2.06 bits per heavy atom. The lowest BCUT2D eigenvalue weighted by Crippen LogP contribution is -2.70. The number of ether oxygens (including phenoxy) is 1. The molecule has 2 unspecified atom stereocenters. The number of rotatable bonds is 1. The Balaban J connectivity index is 1.89. The van der Waals surface area contributed by atoms with Crippen LogP contribution in [0.25, 0.3) is 0 Å². The third kappa shape index (κ3) is 1.64. The topological polar surface area (TPSA) is 58.6 Å². The van der Waals surface area contributed by atoms with Crippen LogP contribution in [-0.4, -0.2) is 47.6 Å². The first kappa shape index (κ1) is 12.0. The highest BCUT2D eigenvalue weighted by Gasteiger charge is 2.52. The van der Waals surface area contributed by atoms with Gasteiger partial charge < -0.3 is 15.0 Å². The van der Waals surface area contributed by atoms with Crippen molar-refractivity contribution in [3.8, 4) is 0 Å². The molecular weight excluding hydrogens is 232 g/mol. The molecule has 0 aromatic rings. The van der Waals surface area contributed by atoms with Crippen molar-refractivity contribution in [1.82, 2.24) is 10.2 Å². The summed E-state index contributed by atoms with van der Waals surface area (Å²) in [5.74, 6) is 0.103. The fraction of sp³-hybridized carbons (Fsp3) is 0.846. The van der Waals surface area contributed by atoms with Crippen LogP contribution in [-0.2, 0) is 14.3 Å². The van der Waals surface area contributed by atoms with Crippen molar-refractivity contribution in [2.45, 2.75) is 56.7 Å². The Bertz CT molecular complexity index is 370. The molecule has 2 saturated heterocycles. The van der Waals surface area contributed by atoms with Gasteiger partial charge in [-0.1, -0.05) is 12.8 Å². The lowest BCUT2D eigenvalue weighted by Gasteiger charge is -2.45. The van der Waals surface area contributed by atoms with Crippen LogP contribution in [0.4, 0.5) is 0 Å². The molecule has 5 nitrogen and oxygen atoms in total. The number of hydrogen-bond donors (Lipinski definition) is 1. The Morgan fingerprint density at radius 1 is 1.33 bits per heavy atom. The molecule has 1 aliphatic carbocycles. The van der Waals surface area contributed by atoms with Crippen molar-refractivity contribution in [3.05, 3.63) is 0 Å². The average Bonchev–Trinajstić information content (AvgIpc) is 2.99. The molecule has 100 valence electrons. The fourth-order valence-corrected chi connectivity index (χ4v) is 3.48. The van der Waals surface area contributed by atoms with Gasteiger partial charge in [0.2, 0.25) is 11.8 Å². The largest absolute Gasteiger partial charge is 0.379 e. The highest BCUT2D eigenvalue weighted by molar-refractivity contribution is 6.00. The summed E-state index contributed by atoms with van der Waals surface area (Å²) in [6, 6.07) is -0.286. The molecular formula is C13H20N2O3. The van der Waals surface area contributed by atoms with E-state index in [0.717, 1.165) is 32.1 Å². The van der Waals surface area contributed by atoms with E-state index in [9.17, 15) is 9.59 Å². The molecule has 3 rings (SSSR count). The van der Waals surface area contributed by atoms with Crippen LogP contribution in [0, 0.1) is 0 Å². The number of nitrogens with zero attached hydrogens (tertiary/aromatic N) is 1. The number of carbonyl (C=O) groups excluding carboxylic acids is 2. The van der Waals surface area contributed by atoms with E-state index < -0.39 is 5.54 Å². The van der Waals surface area contributed by atoms with Crippen LogP contribution in [0.5, 0.6) is 0 Å². The zero-order valence-electron chi connectivity index (χ0n) is 10.8. The molecule has 1 saturated carbocycles. The van der Waals surface area contributed by atoms with Crippen LogP contribution >= 0.6 is 0 Å². The summed E-state index contributed by atoms with van der Waals surface area (Å²) in [6.45, 7) is 3.07. The maximum atomic E-state index is 12.7. The van der Waals surface area contributed by atoms with Crippen LogP contribution in [0.1, 0.15) is 39.0 Å². The Kier molecular flexibility index (Phi) is 2.81. The predicted octanol–water partition coefficient (Wildman–Crippen LogP) is 0.435. The molecule has 0 bridgehead atoms. The van der Waals surface area contributed by atoms with E-state index >= 15 is 0 Å². The third-order valence-corrected chi connectivity index (χ3v) is 4.56. The van der Waals surface area contributed by atoms with E-state index in [2.05, 4.69) is 5.32 Å². The molecule has 2 atom stereocenters. The summed E-state index contributed by atoms with van der Waals surface area (Å²) in [5.41, 5.74) is -0.605. The second kappa shape index (κ2) is 4.23. The zero-order chi connectivity index (χ0) is 12.8. The normalized spacial score (nSPS) is 35.3. The summed E-state index contributed by atoms with van der Waals surface area (Å²) in [4.78, 5) is 26.7. The maximum absolute atomic E-state index is 12.7. The number of hydrogen-bond acceptors (Lipinski definition) is 3. The van der Waals surface area contributed by atoms with Crippen molar-refractivity contribution >= 4 is 11.8 Å². The van der Waals surface area contributed by atoms with Crippen LogP contribution in [0.2, 0.25) is 0 Å². The van der Waals surface area contributed by atoms with Gasteiger partial charge in [-0.25, -0.2) is 0 Å². The molecule has 0 aromatic heterocycles. The molecule has 2 heterocycles. The molecule has 0 radical (unpaired) electrons. The minimum absolute atomic E-state index is 0.0107. The molecule has 3 aliphatic rings. The molecule has 2 amide bonds. The van der Waals surface area contributed by atoms with E-state index in [0.29, 0.717) is 13.2 Å². The van der Waals surface area contributed by atoms with E-state index in [-0.39, 0.29) is 23.9 Å². The molecule has 1 N–H and O–H groups in total. The summed E-state index contributed by atoms with van der Waals surface area (Å²) < 4.78 is 5.37.